The molecular weight excluding hydrogens is 330 g/mol. The van der Waals surface area contributed by atoms with E-state index < -0.39 is 0 Å². The van der Waals surface area contributed by atoms with E-state index in [4.69, 9.17) is 9.47 Å². The number of carbonyl (C=O) groups excluding carboxylic acids is 1. The highest BCUT2D eigenvalue weighted by atomic mass is 16.5. The number of hydrazine groups is 1. The Morgan fingerprint density at radius 3 is 2.50 bits per heavy atom. The summed E-state index contributed by atoms with van der Waals surface area (Å²) in [6, 6.07) is 15.8. The standard InChI is InChI=1S/C20H23N3O3/c1-25-17-11-8-13(12-18(17)26-2)16-10-9-15-19(21-16)22-23(20(15)24)14-6-4-3-5-7-14/h3-8,11-12,15-16,19,21-22H,9-10H2,1-2H3. The van der Waals surface area contributed by atoms with Crippen LogP contribution in [0.25, 0.3) is 0 Å². The van der Waals surface area contributed by atoms with Crippen molar-refractivity contribution in [3.63, 3.8) is 0 Å². The van der Waals surface area contributed by atoms with E-state index in [2.05, 4.69) is 10.7 Å². The predicted octanol–water partition coefficient (Wildman–Crippen LogP) is 2.62. The maximum Gasteiger partial charge on any atom is 0.247 e. The fourth-order valence-electron chi connectivity index (χ4n) is 3.80. The third-order valence-corrected chi connectivity index (χ3v) is 5.18. The molecule has 3 unspecified atom stereocenters. The molecule has 136 valence electrons. The second-order valence-corrected chi connectivity index (χ2v) is 6.63. The number of hydrogen-bond acceptors (Lipinski definition) is 5. The maximum absolute atomic E-state index is 12.8. The summed E-state index contributed by atoms with van der Waals surface area (Å²) in [5.74, 6) is 1.51. The highest BCUT2D eigenvalue weighted by Crippen LogP contribution is 2.36. The van der Waals surface area contributed by atoms with Crippen LogP contribution in [0.15, 0.2) is 48.5 Å². The molecule has 2 fully saturated rings. The average Bonchev–Trinajstić information content (AvgIpc) is 3.04. The molecule has 6 nitrogen and oxygen atoms in total. The van der Waals surface area contributed by atoms with Crippen molar-refractivity contribution in [3.05, 3.63) is 54.1 Å². The van der Waals surface area contributed by atoms with E-state index in [0.717, 1.165) is 29.8 Å². The van der Waals surface area contributed by atoms with Crippen LogP contribution in [0, 0.1) is 5.92 Å². The molecule has 0 spiro atoms. The lowest BCUT2D eigenvalue weighted by Gasteiger charge is -2.32. The number of hydrogen-bond donors (Lipinski definition) is 2. The summed E-state index contributed by atoms with van der Waals surface area (Å²) in [6.45, 7) is 0. The highest BCUT2D eigenvalue weighted by molar-refractivity contribution is 5.96. The Balaban J connectivity index is 1.52. The molecule has 2 saturated heterocycles. The molecule has 6 heteroatoms. The SMILES string of the molecule is COc1ccc(C2CCC3C(=O)N(c4ccccc4)NC3N2)cc1OC. The summed E-state index contributed by atoms with van der Waals surface area (Å²) >= 11 is 0. The Labute approximate surface area is 153 Å². The van der Waals surface area contributed by atoms with Crippen LogP contribution in [-0.2, 0) is 4.79 Å². The number of piperidine rings is 1. The van der Waals surface area contributed by atoms with E-state index in [-0.39, 0.29) is 24.0 Å². The van der Waals surface area contributed by atoms with Crippen molar-refractivity contribution in [2.45, 2.75) is 25.0 Å². The molecule has 2 aliphatic heterocycles. The number of nitrogens with one attached hydrogen (secondary N) is 2. The molecule has 3 atom stereocenters. The van der Waals surface area contributed by atoms with Gasteiger partial charge in [0, 0.05) is 6.04 Å². The van der Waals surface area contributed by atoms with E-state index in [0.29, 0.717) is 5.75 Å². The van der Waals surface area contributed by atoms with Crippen LogP contribution in [0.5, 0.6) is 11.5 Å². The van der Waals surface area contributed by atoms with Gasteiger partial charge in [-0.05, 0) is 42.7 Å². The molecule has 2 aliphatic rings. The molecular formula is C20H23N3O3. The number of anilines is 1. The van der Waals surface area contributed by atoms with Gasteiger partial charge in [0.2, 0.25) is 5.91 Å². The van der Waals surface area contributed by atoms with Gasteiger partial charge in [0.25, 0.3) is 0 Å². The molecule has 0 aliphatic carbocycles. The minimum Gasteiger partial charge on any atom is -0.493 e. The second kappa shape index (κ2) is 6.97. The lowest BCUT2D eigenvalue weighted by molar-refractivity contribution is -0.121. The summed E-state index contributed by atoms with van der Waals surface area (Å²) in [4.78, 5) is 12.8. The van der Waals surface area contributed by atoms with Gasteiger partial charge in [-0.2, -0.15) is 0 Å². The van der Waals surface area contributed by atoms with Crippen LogP contribution in [0.4, 0.5) is 5.69 Å². The van der Waals surface area contributed by atoms with E-state index in [1.54, 1.807) is 19.2 Å². The Bertz CT molecular complexity index is 796. The number of fused-ring (bicyclic) bond motifs is 1. The zero-order valence-corrected chi connectivity index (χ0v) is 14.9. The number of carbonyl (C=O) groups is 1. The first kappa shape index (κ1) is 16.9. The molecule has 0 bridgehead atoms. The molecule has 2 aromatic carbocycles. The summed E-state index contributed by atoms with van der Waals surface area (Å²) in [5.41, 5.74) is 5.33. The molecule has 1 amide bonds. The van der Waals surface area contributed by atoms with Gasteiger partial charge in [-0.15, -0.1) is 0 Å². The van der Waals surface area contributed by atoms with Gasteiger partial charge in [-0.25, -0.2) is 10.4 Å². The summed E-state index contributed by atoms with van der Waals surface area (Å²) < 4.78 is 10.7. The van der Waals surface area contributed by atoms with Gasteiger partial charge < -0.3 is 9.47 Å². The molecule has 2 N–H and O–H groups in total. The summed E-state index contributed by atoms with van der Waals surface area (Å²) in [7, 11) is 3.27. The number of amides is 1. The van der Waals surface area contributed by atoms with Crippen molar-refractivity contribution in [1.82, 2.24) is 10.7 Å². The average molecular weight is 353 g/mol. The van der Waals surface area contributed by atoms with E-state index >= 15 is 0 Å². The van der Waals surface area contributed by atoms with Gasteiger partial charge in [-0.3, -0.25) is 10.1 Å². The van der Waals surface area contributed by atoms with Gasteiger partial charge in [0.1, 0.15) is 0 Å². The Morgan fingerprint density at radius 2 is 1.77 bits per heavy atom. The topological polar surface area (TPSA) is 62.8 Å². The lowest BCUT2D eigenvalue weighted by atomic mass is 9.89. The van der Waals surface area contributed by atoms with Crippen molar-refractivity contribution in [2.75, 3.05) is 19.2 Å². The molecule has 4 rings (SSSR count). The fraction of sp³-hybridized carbons (Fsp3) is 0.350. The molecule has 26 heavy (non-hydrogen) atoms. The van der Waals surface area contributed by atoms with Crippen molar-refractivity contribution >= 4 is 11.6 Å². The third kappa shape index (κ3) is 2.91. The molecule has 0 aromatic heterocycles. The second-order valence-electron chi connectivity index (χ2n) is 6.63. The van der Waals surface area contributed by atoms with Crippen molar-refractivity contribution < 1.29 is 14.3 Å². The van der Waals surface area contributed by atoms with Crippen LogP contribution < -0.4 is 25.2 Å². The minimum absolute atomic E-state index is 0.0494. The Morgan fingerprint density at radius 1 is 1.00 bits per heavy atom. The zero-order chi connectivity index (χ0) is 18.1. The van der Waals surface area contributed by atoms with Crippen LogP contribution in [0.3, 0.4) is 0 Å². The van der Waals surface area contributed by atoms with Crippen molar-refractivity contribution in [3.8, 4) is 11.5 Å². The highest BCUT2D eigenvalue weighted by Gasteiger charge is 2.44. The number of methoxy groups -OCH3 is 2. The number of rotatable bonds is 4. The lowest BCUT2D eigenvalue weighted by Crippen LogP contribution is -2.49. The van der Waals surface area contributed by atoms with Crippen LogP contribution in [-0.4, -0.2) is 26.3 Å². The first-order chi connectivity index (χ1) is 12.7. The third-order valence-electron chi connectivity index (χ3n) is 5.18. The van der Waals surface area contributed by atoms with E-state index in [1.165, 1.54) is 0 Å². The van der Waals surface area contributed by atoms with E-state index in [1.807, 2.05) is 48.5 Å². The number of ether oxygens (including phenoxy) is 2. The molecule has 0 saturated carbocycles. The first-order valence-corrected chi connectivity index (χ1v) is 8.84. The summed E-state index contributed by atoms with van der Waals surface area (Å²) in [6.07, 6.45) is 1.66. The quantitative estimate of drug-likeness (QED) is 0.885. The Hall–Kier alpha value is -2.57. The van der Waals surface area contributed by atoms with Crippen LogP contribution >= 0.6 is 0 Å². The summed E-state index contributed by atoms with van der Waals surface area (Å²) in [5, 5.41) is 5.25. The number of nitrogens with zero attached hydrogens (tertiary/aromatic N) is 1. The first-order valence-electron chi connectivity index (χ1n) is 8.84. The molecule has 0 radical (unpaired) electrons. The van der Waals surface area contributed by atoms with Gasteiger partial charge >= 0.3 is 0 Å². The van der Waals surface area contributed by atoms with Gasteiger partial charge in [0.05, 0.1) is 32.0 Å². The van der Waals surface area contributed by atoms with Crippen LogP contribution in [0.1, 0.15) is 24.4 Å². The van der Waals surface area contributed by atoms with E-state index in [9.17, 15) is 4.79 Å². The van der Waals surface area contributed by atoms with Crippen molar-refractivity contribution in [2.24, 2.45) is 5.92 Å². The number of para-hydroxylation sites is 1. The van der Waals surface area contributed by atoms with Crippen molar-refractivity contribution in [1.29, 1.82) is 0 Å². The monoisotopic (exact) mass is 353 g/mol. The smallest absolute Gasteiger partial charge is 0.247 e. The molecule has 2 aromatic rings. The minimum atomic E-state index is -0.0745. The number of benzene rings is 2. The predicted molar refractivity (Wildman–Crippen MR) is 99.0 cm³/mol. The fourth-order valence-corrected chi connectivity index (χ4v) is 3.80. The zero-order valence-electron chi connectivity index (χ0n) is 14.9. The Kier molecular flexibility index (Phi) is 4.53. The molecule has 2 heterocycles. The largest absolute Gasteiger partial charge is 0.493 e. The van der Waals surface area contributed by atoms with Gasteiger partial charge in [-0.1, -0.05) is 24.3 Å². The normalized spacial score (nSPS) is 25.1. The maximum atomic E-state index is 12.8. The van der Waals surface area contributed by atoms with Crippen LogP contribution in [0.2, 0.25) is 0 Å². The van der Waals surface area contributed by atoms with Gasteiger partial charge in [0.15, 0.2) is 11.5 Å².